The van der Waals surface area contributed by atoms with Crippen LogP contribution in [0.3, 0.4) is 0 Å². The monoisotopic (exact) mass is 170 g/mol. The molecule has 1 aromatic carbocycles. The van der Waals surface area contributed by atoms with Gasteiger partial charge in [0.25, 0.3) is 0 Å². The summed E-state index contributed by atoms with van der Waals surface area (Å²) in [7, 11) is 0.0986. The molecule has 0 amide bonds. The van der Waals surface area contributed by atoms with Gasteiger partial charge in [0.2, 0.25) is 0 Å². The van der Waals surface area contributed by atoms with Crippen molar-refractivity contribution in [3.63, 3.8) is 0 Å². The molecule has 10 heavy (non-hydrogen) atoms. The maximum Gasteiger partial charge on any atom is 0.192 e. The lowest BCUT2D eigenvalue weighted by atomic mass is 10.4. The van der Waals surface area contributed by atoms with Crippen LogP contribution in [0.5, 0.6) is 0 Å². The Hall–Kier alpha value is -0.330. The molecule has 3 heteroatoms. The van der Waals surface area contributed by atoms with Gasteiger partial charge in [-0.15, -0.1) is 11.8 Å². The van der Waals surface area contributed by atoms with Gasteiger partial charge in [0.15, 0.2) is 8.46 Å². The average molecular weight is 170 g/mol. The molecule has 0 atom stereocenters. The van der Waals surface area contributed by atoms with E-state index >= 15 is 0 Å². The van der Waals surface area contributed by atoms with Gasteiger partial charge < -0.3 is 0 Å². The average Bonchev–Trinajstić information content (AvgIpc) is 2.05. The lowest BCUT2D eigenvalue weighted by Crippen LogP contribution is -1.87. The topological polar surface area (TPSA) is 17.1 Å². The van der Waals surface area contributed by atoms with Gasteiger partial charge in [0, 0.05) is 10.2 Å². The second-order valence-electron chi connectivity index (χ2n) is 1.79. The Morgan fingerprint density at radius 2 is 1.90 bits per heavy atom. The van der Waals surface area contributed by atoms with Crippen molar-refractivity contribution in [1.82, 2.24) is 0 Å². The quantitative estimate of drug-likeness (QED) is 0.500. The highest BCUT2D eigenvalue weighted by Crippen LogP contribution is 2.12. The Morgan fingerprint density at radius 1 is 1.30 bits per heavy atom. The minimum absolute atomic E-state index is 0.0986. The van der Waals surface area contributed by atoms with Crippen LogP contribution >= 0.6 is 20.2 Å². The fourth-order valence-electron chi connectivity index (χ4n) is 0.643. The largest absolute Gasteiger partial charge is 0.269 e. The van der Waals surface area contributed by atoms with Crippen LogP contribution in [0.25, 0.3) is 0 Å². The van der Waals surface area contributed by atoms with Crippen molar-refractivity contribution >= 4 is 25.5 Å². The predicted molar refractivity (Wildman–Crippen MR) is 45.5 cm³/mol. The third kappa shape index (κ3) is 1.83. The van der Waals surface area contributed by atoms with Crippen LogP contribution in [0.2, 0.25) is 0 Å². The van der Waals surface area contributed by atoms with Crippen molar-refractivity contribution in [3.8, 4) is 0 Å². The summed E-state index contributed by atoms with van der Waals surface area (Å²) in [5, 5.41) is 0.831. The molecule has 0 aliphatic heterocycles. The summed E-state index contributed by atoms with van der Waals surface area (Å²) in [6.45, 7) is 0. The number of hydrogen-bond donors (Lipinski definition) is 0. The summed E-state index contributed by atoms with van der Waals surface area (Å²) in [5.41, 5.74) is 0. The molecule has 0 fully saturated rings. The summed E-state index contributed by atoms with van der Waals surface area (Å²) in [6, 6.07) is 7.65. The Morgan fingerprint density at radius 3 is 2.30 bits per heavy atom. The Labute approximate surface area is 66.0 Å². The van der Waals surface area contributed by atoms with Crippen LogP contribution in [0.4, 0.5) is 0 Å². The first-order chi connectivity index (χ1) is 4.86. The van der Waals surface area contributed by atoms with Crippen LogP contribution in [0.1, 0.15) is 0 Å². The molecule has 0 heterocycles. The molecule has 0 aliphatic rings. The number of rotatable bonds is 2. The lowest BCUT2D eigenvalue weighted by molar-refractivity contribution is 0.603. The van der Waals surface area contributed by atoms with Crippen LogP contribution in [0, 0.1) is 0 Å². The van der Waals surface area contributed by atoms with Crippen LogP contribution in [0.15, 0.2) is 29.2 Å². The molecule has 0 spiro atoms. The van der Waals surface area contributed by atoms with E-state index in [0.717, 1.165) is 5.30 Å². The van der Waals surface area contributed by atoms with Crippen LogP contribution in [-0.4, -0.2) is 6.26 Å². The smallest absolute Gasteiger partial charge is 0.192 e. The highest BCUT2D eigenvalue weighted by Gasteiger charge is 1.90. The Kier molecular flexibility index (Phi) is 2.91. The minimum Gasteiger partial charge on any atom is -0.269 e. The first kappa shape index (κ1) is 7.77. The van der Waals surface area contributed by atoms with Gasteiger partial charge in [-0.05, 0) is 30.5 Å². The molecule has 0 bridgehead atoms. The van der Waals surface area contributed by atoms with Gasteiger partial charge >= 0.3 is 0 Å². The zero-order valence-electron chi connectivity index (χ0n) is 5.57. The van der Waals surface area contributed by atoms with Crippen LogP contribution < -0.4 is 5.30 Å². The third-order valence-corrected chi connectivity index (χ3v) is 2.43. The van der Waals surface area contributed by atoms with E-state index < -0.39 is 0 Å². The lowest BCUT2D eigenvalue weighted by Gasteiger charge is -1.92. The summed E-state index contributed by atoms with van der Waals surface area (Å²) < 4.78 is 10.3. The summed E-state index contributed by atoms with van der Waals surface area (Å²) in [5.74, 6) is 0. The van der Waals surface area contributed by atoms with E-state index in [4.69, 9.17) is 0 Å². The Balaban J connectivity index is 2.90. The summed E-state index contributed by atoms with van der Waals surface area (Å²) in [4.78, 5) is 1.20. The molecule has 0 saturated carbocycles. The molecule has 1 nitrogen and oxygen atoms in total. The fraction of sp³-hybridized carbons (Fsp3) is 0.143. The van der Waals surface area contributed by atoms with Gasteiger partial charge in [0.05, 0.1) is 0 Å². The third-order valence-electron chi connectivity index (χ3n) is 1.18. The molecular formula is C7H7OPS. The molecule has 0 saturated heterocycles. The van der Waals surface area contributed by atoms with E-state index in [2.05, 4.69) is 0 Å². The van der Waals surface area contributed by atoms with E-state index in [-0.39, 0.29) is 8.46 Å². The molecule has 52 valence electrons. The molecule has 1 rings (SSSR count). The van der Waals surface area contributed by atoms with Gasteiger partial charge in [-0.1, -0.05) is 0 Å². The minimum atomic E-state index is 0.0986. The van der Waals surface area contributed by atoms with E-state index in [1.165, 1.54) is 4.90 Å². The van der Waals surface area contributed by atoms with E-state index in [1.54, 1.807) is 11.8 Å². The molecule has 1 aromatic rings. The highest BCUT2D eigenvalue weighted by molar-refractivity contribution is 7.98. The van der Waals surface area contributed by atoms with E-state index in [0.29, 0.717) is 0 Å². The van der Waals surface area contributed by atoms with Gasteiger partial charge in [-0.3, -0.25) is 4.57 Å². The van der Waals surface area contributed by atoms with Crippen molar-refractivity contribution < 1.29 is 4.57 Å². The SMILES string of the molecule is CSc1ccc(P=O)cc1. The highest BCUT2D eigenvalue weighted by atomic mass is 32.2. The van der Waals surface area contributed by atoms with Gasteiger partial charge in [-0.25, -0.2) is 0 Å². The van der Waals surface area contributed by atoms with Crippen LogP contribution in [-0.2, 0) is 4.57 Å². The molecule has 0 aliphatic carbocycles. The van der Waals surface area contributed by atoms with Crippen molar-refractivity contribution in [1.29, 1.82) is 0 Å². The Bertz CT molecular complexity index is 220. The number of thioether (sulfide) groups is 1. The zero-order valence-corrected chi connectivity index (χ0v) is 7.28. The van der Waals surface area contributed by atoms with E-state index in [1.807, 2.05) is 30.5 Å². The number of benzene rings is 1. The molecule has 0 unspecified atom stereocenters. The molecule has 0 N–H and O–H groups in total. The maximum atomic E-state index is 10.3. The predicted octanol–water partition coefficient (Wildman–Crippen LogP) is 2.33. The van der Waals surface area contributed by atoms with Gasteiger partial charge in [-0.2, -0.15) is 0 Å². The molecule has 0 radical (unpaired) electrons. The molecular weight excluding hydrogens is 163 g/mol. The van der Waals surface area contributed by atoms with Crippen molar-refractivity contribution in [3.05, 3.63) is 24.3 Å². The normalized spacial score (nSPS) is 10.1. The second kappa shape index (κ2) is 3.75. The second-order valence-corrected chi connectivity index (χ2v) is 3.37. The standard InChI is InChI=1S/C7H7OPS/c1-10-7-4-2-6(9-8)3-5-7/h2-5H,1H3. The first-order valence-electron chi connectivity index (χ1n) is 2.84. The summed E-state index contributed by atoms with van der Waals surface area (Å²) in [6.07, 6.45) is 2.02. The summed E-state index contributed by atoms with van der Waals surface area (Å²) >= 11 is 1.68. The maximum absolute atomic E-state index is 10.3. The van der Waals surface area contributed by atoms with Gasteiger partial charge in [0.1, 0.15) is 0 Å². The number of hydrogen-bond acceptors (Lipinski definition) is 2. The first-order valence-corrected chi connectivity index (χ1v) is 4.88. The van der Waals surface area contributed by atoms with Crippen molar-refractivity contribution in [2.24, 2.45) is 0 Å². The molecule has 0 aromatic heterocycles. The van der Waals surface area contributed by atoms with Crippen molar-refractivity contribution in [2.45, 2.75) is 4.90 Å². The van der Waals surface area contributed by atoms with Crippen molar-refractivity contribution in [2.75, 3.05) is 6.26 Å². The zero-order chi connectivity index (χ0) is 7.40. The van der Waals surface area contributed by atoms with E-state index in [9.17, 15) is 4.57 Å². The fourth-order valence-corrected chi connectivity index (χ4v) is 1.32.